The van der Waals surface area contributed by atoms with Gasteiger partial charge in [0.15, 0.2) is 0 Å². The van der Waals surface area contributed by atoms with Crippen molar-refractivity contribution in [3.63, 3.8) is 0 Å². The van der Waals surface area contributed by atoms with Crippen LogP contribution in [0.25, 0.3) is 0 Å². The van der Waals surface area contributed by atoms with Crippen molar-refractivity contribution in [2.24, 2.45) is 5.92 Å². The first kappa shape index (κ1) is 19.5. The fourth-order valence-electron chi connectivity index (χ4n) is 2.63. The van der Waals surface area contributed by atoms with Crippen molar-refractivity contribution in [1.82, 2.24) is 5.32 Å². The number of ether oxygens (including phenoxy) is 1. The van der Waals surface area contributed by atoms with E-state index in [1.54, 1.807) is 0 Å². The maximum Gasteiger partial charge on any atom is 0.119 e. The molecule has 0 aliphatic rings. The quantitative estimate of drug-likeness (QED) is 0.666. The lowest BCUT2D eigenvalue weighted by Gasteiger charge is -2.19. The molecule has 1 N–H and O–H groups in total. The second-order valence-electron chi connectivity index (χ2n) is 8.23. The number of hydrogen-bond donors (Lipinski definition) is 1. The average Bonchev–Trinajstić information content (AvgIpc) is 2.55. The maximum atomic E-state index is 5.84. The van der Waals surface area contributed by atoms with Crippen LogP contribution in [0.5, 0.6) is 5.75 Å². The Bertz CT molecular complexity index is 638. The first-order chi connectivity index (χ1) is 11.8. The molecule has 0 aliphatic heterocycles. The third-order valence-electron chi connectivity index (χ3n) is 4.34. The smallest absolute Gasteiger partial charge is 0.119 e. The van der Waals surface area contributed by atoms with Crippen LogP contribution in [-0.2, 0) is 18.5 Å². The van der Waals surface area contributed by atoms with Gasteiger partial charge in [0.2, 0.25) is 0 Å². The molecule has 0 spiro atoms. The standard InChI is InChI=1S/C23H33NO/c1-18(2)13-14-25-22-8-6-7-20(15-22)17-24-16-19-9-11-21(12-10-19)23(3,4)5/h6-12,15,18,24H,13-14,16-17H2,1-5H3. The van der Waals surface area contributed by atoms with Crippen LogP contribution >= 0.6 is 0 Å². The van der Waals surface area contributed by atoms with Gasteiger partial charge in [-0.2, -0.15) is 0 Å². The summed E-state index contributed by atoms with van der Waals surface area (Å²) in [6.45, 7) is 13.7. The van der Waals surface area contributed by atoms with Crippen molar-refractivity contribution >= 4 is 0 Å². The van der Waals surface area contributed by atoms with Crippen molar-refractivity contribution in [2.45, 2.75) is 59.5 Å². The Hall–Kier alpha value is -1.80. The molecule has 136 valence electrons. The molecular weight excluding hydrogens is 306 g/mol. The third-order valence-corrected chi connectivity index (χ3v) is 4.34. The molecule has 0 amide bonds. The van der Waals surface area contributed by atoms with Gasteiger partial charge in [-0.05, 0) is 46.6 Å². The zero-order valence-corrected chi connectivity index (χ0v) is 16.4. The Kier molecular flexibility index (Phi) is 7.07. The van der Waals surface area contributed by atoms with E-state index in [2.05, 4.69) is 82.4 Å². The minimum Gasteiger partial charge on any atom is -0.494 e. The van der Waals surface area contributed by atoms with E-state index >= 15 is 0 Å². The lowest BCUT2D eigenvalue weighted by Crippen LogP contribution is -2.14. The van der Waals surface area contributed by atoms with E-state index in [0.29, 0.717) is 5.92 Å². The minimum atomic E-state index is 0.210. The van der Waals surface area contributed by atoms with Gasteiger partial charge in [0.05, 0.1) is 6.61 Å². The maximum absolute atomic E-state index is 5.84. The van der Waals surface area contributed by atoms with Gasteiger partial charge in [0, 0.05) is 13.1 Å². The molecule has 0 fully saturated rings. The summed E-state index contributed by atoms with van der Waals surface area (Å²) < 4.78 is 5.84. The largest absolute Gasteiger partial charge is 0.494 e. The molecule has 2 nitrogen and oxygen atoms in total. The molecule has 0 bridgehead atoms. The average molecular weight is 340 g/mol. The van der Waals surface area contributed by atoms with Gasteiger partial charge in [0.25, 0.3) is 0 Å². The first-order valence-corrected chi connectivity index (χ1v) is 9.36. The summed E-state index contributed by atoms with van der Waals surface area (Å²) in [5.74, 6) is 1.64. The lowest BCUT2D eigenvalue weighted by atomic mass is 9.87. The minimum absolute atomic E-state index is 0.210. The Balaban J connectivity index is 1.81. The third kappa shape index (κ3) is 6.91. The molecule has 2 rings (SSSR count). The highest BCUT2D eigenvalue weighted by molar-refractivity contribution is 5.29. The van der Waals surface area contributed by atoms with Gasteiger partial charge < -0.3 is 10.1 Å². The number of nitrogens with one attached hydrogen (secondary N) is 1. The van der Waals surface area contributed by atoms with E-state index in [-0.39, 0.29) is 5.41 Å². The summed E-state index contributed by atoms with van der Waals surface area (Å²) in [5.41, 5.74) is 4.16. The molecule has 0 unspecified atom stereocenters. The van der Waals surface area contributed by atoms with Crippen LogP contribution in [0.15, 0.2) is 48.5 Å². The van der Waals surface area contributed by atoms with E-state index in [4.69, 9.17) is 4.74 Å². The molecule has 0 saturated carbocycles. The van der Waals surface area contributed by atoms with Gasteiger partial charge in [-0.25, -0.2) is 0 Å². The summed E-state index contributed by atoms with van der Waals surface area (Å²) in [5, 5.41) is 3.52. The van der Waals surface area contributed by atoms with Crippen LogP contribution < -0.4 is 10.1 Å². The van der Waals surface area contributed by atoms with Gasteiger partial charge in [-0.3, -0.25) is 0 Å². The fourth-order valence-corrected chi connectivity index (χ4v) is 2.63. The molecule has 0 aromatic heterocycles. The van der Waals surface area contributed by atoms with Crippen LogP contribution in [0, 0.1) is 5.92 Å². The molecule has 0 aliphatic carbocycles. The van der Waals surface area contributed by atoms with Crippen LogP contribution in [-0.4, -0.2) is 6.61 Å². The van der Waals surface area contributed by atoms with E-state index in [0.717, 1.165) is 31.9 Å². The van der Waals surface area contributed by atoms with Crippen LogP contribution in [0.3, 0.4) is 0 Å². The topological polar surface area (TPSA) is 21.3 Å². The number of rotatable bonds is 8. The Labute approximate surface area is 153 Å². The fraction of sp³-hybridized carbons (Fsp3) is 0.478. The Morgan fingerprint density at radius 3 is 2.24 bits per heavy atom. The van der Waals surface area contributed by atoms with Gasteiger partial charge in [-0.15, -0.1) is 0 Å². The van der Waals surface area contributed by atoms with E-state index in [1.807, 2.05) is 6.07 Å². The van der Waals surface area contributed by atoms with Gasteiger partial charge >= 0.3 is 0 Å². The Morgan fingerprint density at radius 1 is 0.920 bits per heavy atom. The van der Waals surface area contributed by atoms with Crippen molar-refractivity contribution in [1.29, 1.82) is 0 Å². The van der Waals surface area contributed by atoms with Crippen molar-refractivity contribution in [3.8, 4) is 5.75 Å². The summed E-state index contributed by atoms with van der Waals surface area (Å²) in [7, 11) is 0. The number of benzene rings is 2. The SMILES string of the molecule is CC(C)CCOc1cccc(CNCc2ccc(C(C)(C)C)cc2)c1. The summed E-state index contributed by atoms with van der Waals surface area (Å²) in [4.78, 5) is 0. The highest BCUT2D eigenvalue weighted by Crippen LogP contribution is 2.22. The number of hydrogen-bond acceptors (Lipinski definition) is 2. The molecule has 2 aromatic rings. The zero-order valence-electron chi connectivity index (χ0n) is 16.4. The molecule has 0 atom stereocenters. The summed E-state index contributed by atoms with van der Waals surface area (Å²) >= 11 is 0. The Morgan fingerprint density at radius 2 is 1.60 bits per heavy atom. The predicted molar refractivity (Wildman–Crippen MR) is 107 cm³/mol. The highest BCUT2D eigenvalue weighted by Gasteiger charge is 2.12. The highest BCUT2D eigenvalue weighted by atomic mass is 16.5. The molecule has 2 aromatic carbocycles. The monoisotopic (exact) mass is 339 g/mol. The molecule has 25 heavy (non-hydrogen) atoms. The summed E-state index contributed by atoms with van der Waals surface area (Å²) in [6.07, 6.45) is 1.09. The second-order valence-corrected chi connectivity index (χ2v) is 8.23. The molecule has 0 radical (unpaired) electrons. The predicted octanol–water partition coefficient (Wildman–Crippen LogP) is 5.70. The van der Waals surface area contributed by atoms with Crippen LogP contribution in [0.2, 0.25) is 0 Å². The molecule has 2 heteroatoms. The van der Waals surface area contributed by atoms with Gasteiger partial charge in [-0.1, -0.05) is 71.0 Å². The second kappa shape index (κ2) is 9.05. The van der Waals surface area contributed by atoms with E-state index in [1.165, 1.54) is 16.7 Å². The van der Waals surface area contributed by atoms with E-state index in [9.17, 15) is 0 Å². The molecule has 0 saturated heterocycles. The van der Waals surface area contributed by atoms with Crippen molar-refractivity contribution < 1.29 is 4.74 Å². The van der Waals surface area contributed by atoms with E-state index < -0.39 is 0 Å². The van der Waals surface area contributed by atoms with Crippen LogP contribution in [0.1, 0.15) is 57.7 Å². The molecular formula is C23H33NO. The molecule has 0 heterocycles. The normalized spacial score (nSPS) is 11.8. The van der Waals surface area contributed by atoms with Crippen molar-refractivity contribution in [2.75, 3.05) is 6.61 Å². The first-order valence-electron chi connectivity index (χ1n) is 9.36. The van der Waals surface area contributed by atoms with Gasteiger partial charge in [0.1, 0.15) is 5.75 Å². The summed E-state index contributed by atoms with van der Waals surface area (Å²) in [6, 6.07) is 17.3. The lowest BCUT2D eigenvalue weighted by molar-refractivity contribution is 0.289. The van der Waals surface area contributed by atoms with Crippen LogP contribution in [0.4, 0.5) is 0 Å². The van der Waals surface area contributed by atoms with Crippen molar-refractivity contribution in [3.05, 3.63) is 65.2 Å². The zero-order chi connectivity index (χ0) is 18.3.